The summed E-state index contributed by atoms with van der Waals surface area (Å²) in [5.74, 6) is 0.471. The minimum absolute atomic E-state index is 0.0763. The number of anilines is 1. The van der Waals surface area contributed by atoms with Gasteiger partial charge in [-0.15, -0.1) is 0 Å². The third-order valence-electron chi connectivity index (χ3n) is 4.98. The smallest absolute Gasteiger partial charge is 0.253 e. The first-order valence-electron chi connectivity index (χ1n) is 9.49. The number of hydrogen-bond acceptors (Lipinski definition) is 5. The number of carbonyl (C=O) groups is 1. The Bertz CT molecular complexity index is 846. The number of rotatable bonds is 4. The summed E-state index contributed by atoms with van der Waals surface area (Å²) in [6.45, 7) is 4.26. The summed E-state index contributed by atoms with van der Waals surface area (Å²) < 4.78 is 0. The van der Waals surface area contributed by atoms with E-state index in [1.54, 1.807) is 4.90 Å². The molecule has 1 aromatic carbocycles. The number of aliphatic hydroxyl groups is 1. The molecule has 0 unspecified atom stereocenters. The van der Waals surface area contributed by atoms with Crippen molar-refractivity contribution in [3.05, 3.63) is 41.2 Å². The molecule has 150 valence electrons. The van der Waals surface area contributed by atoms with Crippen LogP contribution in [0.15, 0.2) is 30.5 Å². The Labute approximate surface area is 171 Å². The van der Waals surface area contributed by atoms with Gasteiger partial charge < -0.3 is 14.9 Å². The van der Waals surface area contributed by atoms with Crippen molar-refractivity contribution in [1.29, 1.82) is 0 Å². The normalized spacial score (nSPS) is 17.5. The Morgan fingerprint density at radius 2 is 1.96 bits per heavy atom. The molecule has 2 aromatic rings. The molecule has 1 fully saturated rings. The summed E-state index contributed by atoms with van der Waals surface area (Å²) in [7, 11) is 3.82. The van der Waals surface area contributed by atoms with Gasteiger partial charge >= 0.3 is 0 Å². The van der Waals surface area contributed by atoms with Crippen LogP contribution in [0.2, 0.25) is 5.02 Å². The topological polar surface area (TPSA) is 69.6 Å². The first kappa shape index (κ1) is 20.6. The first-order chi connectivity index (χ1) is 13.2. The number of benzene rings is 1. The molecule has 1 N–H and O–H groups in total. The molecule has 7 heteroatoms. The summed E-state index contributed by atoms with van der Waals surface area (Å²) >= 11 is 6.05. The lowest BCUT2D eigenvalue weighted by Crippen LogP contribution is -2.48. The highest BCUT2D eigenvalue weighted by Gasteiger charge is 2.34. The fourth-order valence-electron chi connectivity index (χ4n) is 3.54. The third-order valence-corrected chi connectivity index (χ3v) is 5.23. The monoisotopic (exact) mass is 402 g/mol. The Hall–Kier alpha value is -2.18. The molecule has 1 aliphatic heterocycles. The molecule has 3 rings (SSSR count). The van der Waals surface area contributed by atoms with Crippen LogP contribution in [-0.4, -0.2) is 58.7 Å². The van der Waals surface area contributed by atoms with Gasteiger partial charge in [-0.25, -0.2) is 9.97 Å². The van der Waals surface area contributed by atoms with E-state index in [0.29, 0.717) is 24.1 Å². The highest BCUT2D eigenvalue weighted by atomic mass is 35.5. The predicted octanol–water partition coefficient (Wildman–Crippen LogP) is 3.34. The average molecular weight is 403 g/mol. The van der Waals surface area contributed by atoms with Gasteiger partial charge in [-0.05, 0) is 44.4 Å². The summed E-state index contributed by atoms with van der Waals surface area (Å²) in [6.07, 6.45) is 3.64. The molecule has 2 heterocycles. The molecule has 6 nitrogen and oxygen atoms in total. The van der Waals surface area contributed by atoms with Gasteiger partial charge in [0.25, 0.3) is 5.91 Å². The molecule has 28 heavy (non-hydrogen) atoms. The minimum Gasteiger partial charge on any atom is -0.381 e. The Morgan fingerprint density at radius 1 is 1.29 bits per heavy atom. The molecule has 0 aliphatic carbocycles. The zero-order chi connectivity index (χ0) is 20.5. The fourth-order valence-corrected chi connectivity index (χ4v) is 3.66. The Balaban J connectivity index is 1.99. The molecular formula is C21H27ClN4O2. The number of piperidine rings is 1. The van der Waals surface area contributed by atoms with Gasteiger partial charge in [-0.2, -0.15) is 0 Å². The number of carbonyl (C=O) groups excluding carboxylic acids is 1. The van der Waals surface area contributed by atoms with E-state index in [2.05, 4.69) is 4.98 Å². The second-order valence-electron chi connectivity index (χ2n) is 8.02. The summed E-state index contributed by atoms with van der Waals surface area (Å²) in [5.41, 5.74) is 1.50. The van der Waals surface area contributed by atoms with Gasteiger partial charge in [-0.1, -0.05) is 23.7 Å². The van der Waals surface area contributed by atoms with Crippen molar-refractivity contribution in [3.63, 3.8) is 0 Å². The van der Waals surface area contributed by atoms with E-state index in [1.165, 1.54) is 13.8 Å². The van der Waals surface area contributed by atoms with E-state index in [1.807, 2.05) is 49.5 Å². The number of halogens is 1. The lowest BCUT2D eigenvalue weighted by molar-refractivity contribution is -0.149. The van der Waals surface area contributed by atoms with Crippen LogP contribution >= 0.6 is 11.6 Å². The van der Waals surface area contributed by atoms with Crippen LogP contribution in [0.4, 0.5) is 5.95 Å². The van der Waals surface area contributed by atoms with Crippen molar-refractivity contribution in [1.82, 2.24) is 14.9 Å². The molecule has 1 amide bonds. The summed E-state index contributed by atoms with van der Waals surface area (Å²) in [6, 6.07) is 7.63. The molecule has 1 saturated heterocycles. The van der Waals surface area contributed by atoms with E-state index in [0.717, 1.165) is 29.7 Å². The number of nitrogens with zero attached hydrogens (tertiary/aromatic N) is 4. The zero-order valence-corrected chi connectivity index (χ0v) is 17.6. The van der Waals surface area contributed by atoms with Crippen molar-refractivity contribution in [2.75, 3.05) is 32.1 Å². The highest BCUT2D eigenvalue weighted by Crippen LogP contribution is 2.34. The quantitative estimate of drug-likeness (QED) is 0.849. The largest absolute Gasteiger partial charge is 0.381 e. The van der Waals surface area contributed by atoms with Crippen LogP contribution in [0.5, 0.6) is 0 Å². The van der Waals surface area contributed by atoms with Crippen molar-refractivity contribution >= 4 is 23.5 Å². The van der Waals surface area contributed by atoms with Crippen LogP contribution in [0.3, 0.4) is 0 Å². The van der Waals surface area contributed by atoms with Crippen LogP contribution < -0.4 is 4.90 Å². The molecular weight excluding hydrogens is 376 g/mol. The maximum Gasteiger partial charge on any atom is 0.253 e. The van der Waals surface area contributed by atoms with Gasteiger partial charge in [0.15, 0.2) is 0 Å². The zero-order valence-electron chi connectivity index (χ0n) is 16.8. The standard InChI is InChI=1S/C21H27ClN4O2/c1-21(2,28)19(27)26-11-5-6-15(13-26)18-17(12-23-20(24-18)25(3)4)14-7-9-16(22)10-8-14/h7-10,12,15,28H,5-6,11,13H2,1-4H3/t15-/m0/s1. The molecule has 1 aliphatic rings. The number of aromatic nitrogens is 2. The first-order valence-corrected chi connectivity index (χ1v) is 9.86. The lowest BCUT2D eigenvalue weighted by atomic mass is 9.89. The second-order valence-corrected chi connectivity index (χ2v) is 8.46. The maximum atomic E-state index is 12.6. The van der Waals surface area contributed by atoms with Crippen LogP contribution in [0.25, 0.3) is 11.1 Å². The highest BCUT2D eigenvalue weighted by molar-refractivity contribution is 6.30. The number of hydrogen-bond donors (Lipinski definition) is 1. The average Bonchev–Trinajstić information content (AvgIpc) is 2.67. The van der Waals surface area contributed by atoms with Gasteiger partial charge in [0.1, 0.15) is 5.60 Å². The fraction of sp³-hybridized carbons (Fsp3) is 0.476. The number of likely N-dealkylation sites (tertiary alicyclic amines) is 1. The van der Waals surface area contributed by atoms with Crippen LogP contribution in [0, 0.1) is 0 Å². The Morgan fingerprint density at radius 3 is 2.57 bits per heavy atom. The molecule has 0 spiro atoms. The van der Waals surface area contributed by atoms with E-state index in [4.69, 9.17) is 16.6 Å². The summed E-state index contributed by atoms with van der Waals surface area (Å²) in [4.78, 5) is 25.5. The maximum absolute atomic E-state index is 12.6. The van der Waals surface area contributed by atoms with E-state index < -0.39 is 5.60 Å². The molecule has 1 aromatic heterocycles. The van der Waals surface area contributed by atoms with Crippen LogP contribution in [-0.2, 0) is 4.79 Å². The van der Waals surface area contributed by atoms with Crippen molar-refractivity contribution in [2.24, 2.45) is 0 Å². The Kier molecular flexibility index (Phi) is 5.91. The molecule has 1 atom stereocenters. The lowest BCUT2D eigenvalue weighted by Gasteiger charge is -2.36. The van der Waals surface area contributed by atoms with Gasteiger partial charge in [0, 0.05) is 49.9 Å². The van der Waals surface area contributed by atoms with Crippen molar-refractivity contribution in [3.8, 4) is 11.1 Å². The van der Waals surface area contributed by atoms with E-state index in [-0.39, 0.29) is 11.8 Å². The van der Waals surface area contributed by atoms with Crippen LogP contribution in [0.1, 0.15) is 38.3 Å². The molecule has 0 bridgehead atoms. The van der Waals surface area contributed by atoms with E-state index >= 15 is 0 Å². The van der Waals surface area contributed by atoms with Gasteiger partial charge in [0.05, 0.1) is 5.69 Å². The minimum atomic E-state index is -1.37. The predicted molar refractivity (Wildman–Crippen MR) is 112 cm³/mol. The SMILES string of the molecule is CN(C)c1ncc(-c2ccc(Cl)cc2)c([C@H]2CCCN(C(=O)C(C)(C)O)C2)n1. The molecule has 0 radical (unpaired) electrons. The van der Waals surface area contributed by atoms with Gasteiger partial charge in [0.2, 0.25) is 5.95 Å². The van der Waals surface area contributed by atoms with Crippen molar-refractivity contribution in [2.45, 2.75) is 38.2 Å². The second kappa shape index (κ2) is 8.05. The summed E-state index contributed by atoms with van der Waals surface area (Å²) in [5, 5.41) is 10.8. The number of amides is 1. The van der Waals surface area contributed by atoms with E-state index in [9.17, 15) is 9.90 Å². The van der Waals surface area contributed by atoms with Gasteiger partial charge in [-0.3, -0.25) is 4.79 Å². The molecule has 0 saturated carbocycles. The third kappa shape index (κ3) is 4.45. The van der Waals surface area contributed by atoms with Crippen molar-refractivity contribution < 1.29 is 9.90 Å².